The van der Waals surface area contributed by atoms with E-state index >= 15 is 0 Å². The molecule has 0 fully saturated rings. The lowest BCUT2D eigenvalue weighted by Gasteiger charge is -2.19. The Morgan fingerprint density at radius 2 is 1.54 bits per heavy atom. The number of nitrogens with zero attached hydrogens (tertiary/aromatic N) is 2. The zero-order valence-corrected chi connectivity index (χ0v) is 16.8. The van der Waals surface area contributed by atoms with E-state index in [4.69, 9.17) is 4.52 Å². The predicted molar refractivity (Wildman–Crippen MR) is 109 cm³/mol. The Morgan fingerprint density at radius 3 is 2.04 bits per heavy atom. The third kappa shape index (κ3) is 4.49. The average molecular weight is 398 g/mol. The van der Waals surface area contributed by atoms with Gasteiger partial charge in [0.2, 0.25) is 10.0 Å². The van der Waals surface area contributed by atoms with Crippen molar-refractivity contribution in [3.63, 3.8) is 0 Å². The largest absolute Gasteiger partial charge is 0.383 e. The summed E-state index contributed by atoms with van der Waals surface area (Å²) in [6.07, 6.45) is 3.31. The SMILES string of the molecule is Cc1noc(/C=C/N(C)C)c1S(=O)(=O)NC(c1ccccc1)c1ccccc1. The highest BCUT2D eigenvalue weighted by Gasteiger charge is 2.29. The second-order valence-electron chi connectivity index (χ2n) is 6.62. The molecule has 0 unspecified atom stereocenters. The van der Waals surface area contributed by atoms with E-state index in [1.807, 2.05) is 74.8 Å². The fourth-order valence-electron chi connectivity index (χ4n) is 2.86. The lowest BCUT2D eigenvalue weighted by atomic mass is 10.00. The Hall–Kier alpha value is -2.90. The molecular formula is C21H23N3O3S. The first-order valence-corrected chi connectivity index (χ1v) is 10.3. The van der Waals surface area contributed by atoms with Gasteiger partial charge in [-0.3, -0.25) is 0 Å². The van der Waals surface area contributed by atoms with Crippen LogP contribution < -0.4 is 4.72 Å². The van der Waals surface area contributed by atoms with Gasteiger partial charge in [-0.15, -0.1) is 0 Å². The van der Waals surface area contributed by atoms with Gasteiger partial charge in [-0.2, -0.15) is 4.72 Å². The maximum absolute atomic E-state index is 13.3. The molecule has 1 heterocycles. The van der Waals surface area contributed by atoms with Crippen molar-refractivity contribution >= 4 is 16.1 Å². The Morgan fingerprint density at radius 1 is 1.00 bits per heavy atom. The molecule has 7 heteroatoms. The number of aromatic nitrogens is 1. The molecule has 1 aromatic heterocycles. The Balaban J connectivity index is 2.03. The zero-order chi connectivity index (χ0) is 20.1. The molecule has 0 atom stereocenters. The van der Waals surface area contributed by atoms with Crippen LogP contribution in [0.25, 0.3) is 6.08 Å². The van der Waals surface area contributed by atoms with Gasteiger partial charge in [-0.05, 0) is 18.1 Å². The first-order valence-electron chi connectivity index (χ1n) is 8.81. The lowest BCUT2D eigenvalue weighted by Crippen LogP contribution is -2.30. The summed E-state index contributed by atoms with van der Waals surface area (Å²) < 4.78 is 34.6. The molecule has 0 aliphatic heterocycles. The van der Waals surface area contributed by atoms with Crippen molar-refractivity contribution in [1.29, 1.82) is 0 Å². The number of rotatable bonds is 7. The second kappa shape index (κ2) is 8.41. The predicted octanol–water partition coefficient (Wildman–Crippen LogP) is 3.58. The minimum atomic E-state index is -3.90. The highest BCUT2D eigenvalue weighted by molar-refractivity contribution is 7.89. The Labute approximate surface area is 165 Å². The molecule has 3 aromatic rings. The quantitative estimate of drug-likeness (QED) is 0.659. The van der Waals surface area contributed by atoms with Gasteiger partial charge >= 0.3 is 0 Å². The van der Waals surface area contributed by atoms with Gasteiger partial charge in [0.1, 0.15) is 5.69 Å². The van der Waals surface area contributed by atoms with Crippen LogP contribution in [0.2, 0.25) is 0 Å². The molecule has 2 aromatic carbocycles. The molecule has 0 bridgehead atoms. The molecule has 0 radical (unpaired) electrons. The third-order valence-electron chi connectivity index (χ3n) is 4.16. The van der Waals surface area contributed by atoms with Crippen molar-refractivity contribution in [2.75, 3.05) is 14.1 Å². The monoisotopic (exact) mass is 397 g/mol. The van der Waals surface area contributed by atoms with Crippen LogP contribution in [0.4, 0.5) is 0 Å². The molecule has 0 aliphatic rings. The number of aryl methyl sites for hydroxylation is 1. The number of sulfonamides is 1. The summed E-state index contributed by atoms with van der Waals surface area (Å²) in [6, 6.07) is 18.4. The van der Waals surface area contributed by atoms with Gasteiger partial charge in [-0.25, -0.2) is 8.42 Å². The maximum Gasteiger partial charge on any atom is 0.247 e. The fraction of sp³-hybridized carbons (Fsp3) is 0.190. The topological polar surface area (TPSA) is 75.4 Å². The van der Waals surface area contributed by atoms with Gasteiger partial charge in [0.15, 0.2) is 10.7 Å². The smallest absolute Gasteiger partial charge is 0.247 e. The number of hydrogen-bond donors (Lipinski definition) is 1. The van der Waals surface area contributed by atoms with Crippen LogP contribution in [0.3, 0.4) is 0 Å². The average Bonchev–Trinajstić information content (AvgIpc) is 3.07. The van der Waals surface area contributed by atoms with E-state index in [9.17, 15) is 8.42 Å². The standard InChI is InChI=1S/C21H23N3O3S/c1-16-21(19(27-22-16)14-15-24(2)3)28(25,26)23-20(17-10-6-4-7-11-17)18-12-8-5-9-13-18/h4-15,20,23H,1-3H3/b15-14+. The van der Waals surface area contributed by atoms with Crippen LogP contribution in [-0.2, 0) is 10.0 Å². The van der Waals surface area contributed by atoms with Gasteiger partial charge in [0.05, 0.1) is 6.04 Å². The molecule has 28 heavy (non-hydrogen) atoms. The van der Waals surface area contributed by atoms with Crippen LogP contribution in [0, 0.1) is 6.92 Å². The van der Waals surface area contributed by atoms with E-state index in [1.165, 1.54) is 0 Å². The molecule has 1 N–H and O–H groups in total. The van der Waals surface area contributed by atoms with Crippen molar-refractivity contribution in [3.8, 4) is 0 Å². The summed E-state index contributed by atoms with van der Waals surface area (Å²) in [6.45, 7) is 1.62. The van der Waals surface area contributed by atoms with Gasteiger partial charge in [0.25, 0.3) is 0 Å². The highest BCUT2D eigenvalue weighted by Crippen LogP contribution is 2.27. The third-order valence-corrected chi connectivity index (χ3v) is 5.74. The van der Waals surface area contributed by atoms with Crippen molar-refractivity contribution in [3.05, 3.63) is 89.4 Å². The Bertz CT molecular complexity index is 1000. The highest BCUT2D eigenvalue weighted by atomic mass is 32.2. The molecule has 3 rings (SSSR count). The summed E-state index contributed by atoms with van der Waals surface area (Å²) in [5, 5.41) is 3.85. The fourth-order valence-corrected chi connectivity index (χ4v) is 4.36. The van der Waals surface area contributed by atoms with Crippen molar-refractivity contribution < 1.29 is 12.9 Å². The molecule has 0 amide bonds. The van der Waals surface area contributed by atoms with Crippen LogP contribution in [-0.4, -0.2) is 32.6 Å². The molecule has 146 valence electrons. The first-order chi connectivity index (χ1) is 13.4. The molecule has 0 spiro atoms. The molecule has 0 aliphatic carbocycles. The normalized spacial score (nSPS) is 12.0. The summed E-state index contributed by atoms with van der Waals surface area (Å²) in [5.74, 6) is 0.193. The summed E-state index contributed by atoms with van der Waals surface area (Å²) in [5.41, 5.74) is 2.00. The molecule has 0 saturated carbocycles. The molecule has 0 saturated heterocycles. The summed E-state index contributed by atoms with van der Waals surface area (Å²) in [4.78, 5) is 1.83. The minimum Gasteiger partial charge on any atom is -0.383 e. The van der Waals surface area contributed by atoms with Crippen molar-refractivity contribution in [2.45, 2.75) is 17.9 Å². The first kappa shape index (κ1) is 19.9. The van der Waals surface area contributed by atoms with Gasteiger partial charge < -0.3 is 9.42 Å². The van der Waals surface area contributed by atoms with E-state index in [0.717, 1.165) is 11.1 Å². The summed E-state index contributed by atoms with van der Waals surface area (Å²) >= 11 is 0. The van der Waals surface area contributed by atoms with Crippen LogP contribution in [0.5, 0.6) is 0 Å². The van der Waals surface area contributed by atoms with Crippen LogP contribution in [0.1, 0.15) is 28.6 Å². The van der Waals surface area contributed by atoms with Crippen molar-refractivity contribution in [2.24, 2.45) is 0 Å². The minimum absolute atomic E-state index is 0.0439. The van der Waals surface area contributed by atoms with E-state index in [1.54, 1.807) is 24.1 Å². The van der Waals surface area contributed by atoms with E-state index in [-0.39, 0.29) is 10.7 Å². The molecular weight excluding hydrogens is 374 g/mol. The molecule has 6 nitrogen and oxygen atoms in total. The zero-order valence-electron chi connectivity index (χ0n) is 16.0. The van der Waals surface area contributed by atoms with Crippen molar-refractivity contribution in [1.82, 2.24) is 14.8 Å². The summed E-state index contributed by atoms with van der Waals surface area (Å²) in [7, 11) is -0.217. The van der Waals surface area contributed by atoms with E-state index in [2.05, 4.69) is 9.88 Å². The number of hydrogen-bond acceptors (Lipinski definition) is 5. The second-order valence-corrected chi connectivity index (χ2v) is 8.27. The number of benzene rings is 2. The van der Waals surface area contributed by atoms with Crippen LogP contribution >= 0.6 is 0 Å². The van der Waals surface area contributed by atoms with Crippen LogP contribution in [0.15, 0.2) is 76.3 Å². The van der Waals surface area contributed by atoms with E-state index in [0.29, 0.717) is 5.69 Å². The Kier molecular flexibility index (Phi) is 5.96. The maximum atomic E-state index is 13.3. The van der Waals surface area contributed by atoms with Gasteiger partial charge in [0, 0.05) is 26.4 Å². The van der Waals surface area contributed by atoms with Gasteiger partial charge in [-0.1, -0.05) is 65.8 Å². The van der Waals surface area contributed by atoms with E-state index < -0.39 is 16.1 Å². The number of nitrogens with one attached hydrogen (secondary N) is 1. The lowest BCUT2D eigenvalue weighted by molar-refractivity contribution is 0.405.